The van der Waals surface area contributed by atoms with E-state index in [1.807, 2.05) is 6.07 Å². The Morgan fingerprint density at radius 1 is 1.44 bits per heavy atom. The molecular weight excluding hydrogens is 204 g/mol. The van der Waals surface area contributed by atoms with Gasteiger partial charge >= 0.3 is 0 Å². The largest absolute Gasteiger partial charge is 0.297 e. The number of hydrogen-bond donors (Lipinski definition) is 0. The van der Waals surface area contributed by atoms with E-state index in [1.165, 1.54) is 6.07 Å². The molecule has 88 valence electrons. The third-order valence-corrected chi connectivity index (χ3v) is 2.64. The average molecular weight is 222 g/mol. The van der Waals surface area contributed by atoms with Crippen LogP contribution < -0.4 is 0 Å². The first-order chi connectivity index (χ1) is 7.54. The normalized spacial score (nSPS) is 11.1. The van der Waals surface area contributed by atoms with Gasteiger partial charge in [0, 0.05) is 24.7 Å². The van der Waals surface area contributed by atoms with Crippen molar-refractivity contribution in [2.24, 2.45) is 0 Å². The predicted molar refractivity (Wildman–Crippen MR) is 64.3 cm³/mol. The minimum atomic E-state index is -0.352. The van der Waals surface area contributed by atoms with Crippen LogP contribution in [0.4, 0.5) is 5.69 Å². The zero-order valence-electron chi connectivity index (χ0n) is 10.0. The van der Waals surface area contributed by atoms with Gasteiger partial charge in [0.25, 0.3) is 5.69 Å². The zero-order valence-corrected chi connectivity index (χ0v) is 10.0. The van der Waals surface area contributed by atoms with Crippen LogP contribution in [0.5, 0.6) is 0 Å². The van der Waals surface area contributed by atoms with Crippen molar-refractivity contribution in [2.45, 2.75) is 33.4 Å². The van der Waals surface area contributed by atoms with E-state index < -0.39 is 0 Å². The van der Waals surface area contributed by atoms with Crippen LogP contribution in [-0.2, 0) is 6.54 Å². The summed E-state index contributed by atoms with van der Waals surface area (Å²) in [6, 6.07) is 7.28. The van der Waals surface area contributed by atoms with E-state index in [0.717, 1.165) is 18.7 Å². The molecule has 0 unspecified atom stereocenters. The molecule has 0 aromatic heterocycles. The lowest BCUT2D eigenvalue weighted by atomic mass is 10.1. The van der Waals surface area contributed by atoms with E-state index in [2.05, 4.69) is 25.7 Å². The van der Waals surface area contributed by atoms with Crippen LogP contribution in [-0.4, -0.2) is 22.4 Å². The van der Waals surface area contributed by atoms with Gasteiger partial charge in [0.05, 0.1) is 4.92 Å². The second-order valence-electron chi connectivity index (χ2n) is 4.08. The Bertz CT molecular complexity index is 364. The fourth-order valence-electron chi connectivity index (χ4n) is 1.66. The average Bonchev–Trinajstić information content (AvgIpc) is 2.25. The van der Waals surface area contributed by atoms with Gasteiger partial charge < -0.3 is 0 Å². The van der Waals surface area contributed by atoms with Crippen LogP contribution in [0.1, 0.15) is 26.3 Å². The lowest BCUT2D eigenvalue weighted by molar-refractivity contribution is -0.384. The number of nitro groups is 1. The Kier molecular flexibility index (Phi) is 4.43. The molecule has 0 aliphatic rings. The van der Waals surface area contributed by atoms with Gasteiger partial charge in [-0.05, 0) is 26.0 Å². The van der Waals surface area contributed by atoms with Gasteiger partial charge in [-0.1, -0.05) is 19.1 Å². The topological polar surface area (TPSA) is 46.4 Å². The summed E-state index contributed by atoms with van der Waals surface area (Å²) in [5, 5.41) is 10.6. The molecule has 0 radical (unpaired) electrons. The summed E-state index contributed by atoms with van der Waals surface area (Å²) in [7, 11) is 0. The summed E-state index contributed by atoms with van der Waals surface area (Å²) in [6.07, 6.45) is 0. The standard InChI is InChI=1S/C12H18N2O2/c1-4-13(10(2)3)9-11-6-5-7-12(8-11)14(15)16/h5-8,10H,4,9H2,1-3H3. The molecule has 0 saturated carbocycles. The van der Waals surface area contributed by atoms with Gasteiger partial charge in [0.2, 0.25) is 0 Å². The highest BCUT2D eigenvalue weighted by molar-refractivity contribution is 5.34. The minimum absolute atomic E-state index is 0.164. The van der Waals surface area contributed by atoms with E-state index in [9.17, 15) is 10.1 Å². The van der Waals surface area contributed by atoms with Gasteiger partial charge in [-0.25, -0.2) is 0 Å². The van der Waals surface area contributed by atoms with Gasteiger partial charge in [-0.2, -0.15) is 0 Å². The van der Waals surface area contributed by atoms with Crippen LogP contribution >= 0.6 is 0 Å². The van der Waals surface area contributed by atoms with Crippen LogP contribution in [0.2, 0.25) is 0 Å². The fourth-order valence-corrected chi connectivity index (χ4v) is 1.66. The monoisotopic (exact) mass is 222 g/mol. The van der Waals surface area contributed by atoms with E-state index in [0.29, 0.717) is 6.04 Å². The second kappa shape index (κ2) is 5.61. The van der Waals surface area contributed by atoms with Gasteiger partial charge in [-0.3, -0.25) is 15.0 Å². The van der Waals surface area contributed by atoms with Crippen LogP contribution in [0, 0.1) is 10.1 Å². The molecule has 0 amide bonds. The molecular formula is C12H18N2O2. The lowest BCUT2D eigenvalue weighted by Gasteiger charge is -2.24. The van der Waals surface area contributed by atoms with E-state index in [-0.39, 0.29) is 10.6 Å². The number of benzene rings is 1. The van der Waals surface area contributed by atoms with Crippen molar-refractivity contribution in [1.82, 2.24) is 4.90 Å². The van der Waals surface area contributed by atoms with E-state index >= 15 is 0 Å². The molecule has 0 aliphatic carbocycles. The molecule has 0 heterocycles. The number of hydrogen-bond acceptors (Lipinski definition) is 3. The van der Waals surface area contributed by atoms with Crippen molar-refractivity contribution in [3.05, 3.63) is 39.9 Å². The van der Waals surface area contributed by atoms with Crippen molar-refractivity contribution >= 4 is 5.69 Å². The van der Waals surface area contributed by atoms with Crippen molar-refractivity contribution < 1.29 is 4.92 Å². The molecule has 0 atom stereocenters. The Hall–Kier alpha value is -1.42. The fraction of sp³-hybridized carbons (Fsp3) is 0.500. The highest BCUT2D eigenvalue weighted by Crippen LogP contribution is 2.15. The third-order valence-electron chi connectivity index (χ3n) is 2.64. The summed E-state index contributed by atoms with van der Waals surface area (Å²) in [5.74, 6) is 0. The molecule has 4 nitrogen and oxygen atoms in total. The van der Waals surface area contributed by atoms with E-state index in [4.69, 9.17) is 0 Å². The Balaban J connectivity index is 2.80. The lowest BCUT2D eigenvalue weighted by Crippen LogP contribution is -2.29. The highest BCUT2D eigenvalue weighted by Gasteiger charge is 2.10. The van der Waals surface area contributed by atoms with Gasteiger partial charge in [0.1, 0.15) is 0 Å². The summed E-state index contributed by atoms with van der Waals surface area (Å²) >= 11 is 0. The Morgan fingerprint density at radius 3 is 2.62 bits per heavy atom. The van der Waals surface area contributed by atoms with Crippen molar-refractivity contribution in [3.63, 3.8) is 0 Å². The number of nitro benzene ring substituents is 1. The molecule has 4 heteroatoms. The van der Waals surface area contributed by atoms with Crippen LogP contribution in [0.15, 0.2) is 24.3 Å². The first-order valence-corrected chi connectivity index (χ1v) is 5.52. The maximum absolute atomic E-state index is 10.6. The predicted octanol–water partition coefficient (Wildman–Crippen LogP) is 2.83. The summed E-state index contributed by atoms with van der Waals surface area (Å²) < 4.78 is 0. The smallest absolute Gasteiger partial charge is 0.269 e. The van der Waals surface area contributed by atoms with Crippen molar-refractivity contribution in [2.75, 3.05) is 6.54 Å². The molecule has 0 spiro atoms. The first kappa shape index (κ1) is 12.6. The molecule has 0 aliphatic heterocycles. The van der Waals surface area contributed by atoms with Gasteiger partial charge in [0.15, 0.2) is 0 Å². The summed E-state index contributed by atoms with van der Waals surface area (Å²) in [5.41, 5.74) is 1.15. The van der Waals surface area contributed by atoms with Crippen LogP contribution in [0.3, 0.4) is 0 Å². The first-order valence-electron chi connectivity index (χ1n) is 5.52. The number of nitrogens with zero attached hydrogens (tertiary/aromatic N) is 2. The quantitative estimate of drug-likeness (QED) is 0.568. The molecule has 1 aromatic rings. The zero-order chi connectivity index (χ0) is 12.1. The maximum atomic E-state index is 10.6. The molecule has 0 bridgehead atoms. The summed E-state index contributed by atoms with van der Waals surface area (Å²) in [6.45, 7) is 8.05. The van der Waals surface area contributed by atoms with Crippen molar-refractivity contribution in [1.29, 1.82) is 0 Å². The van der Waals surface area contributed by atoms with Gasteiger partial charge in [-0.15, -0.1) is 0 Å². The maximum Gasteiger partial charge on any atom is 0.269 e. The van der Waals surface area contributed by atoms with Crippen LogP contribution in [0.25, 0.3) is 0 Å². The second-order valence-corrected chi connectivity index (χ2v) is 4.08. The molecule has 0 saturated heterocycles. The number of rotatable bonds is 5. The Labute approximate surface area is 96.0 Å². The number of non-ortho nitro benzene ring substituents is 1. The van der Waals surface area contributed by atoms with Crippen molar-refractivity contribution in [3.8, 4) is 0 Å². The van der Waals surface area contributed by atoms with E-state index in [1.54, 1.807) is 12.1 Å². The molecule has 1 aromatic carbocycles. The SMILES string of the molecule is CCN(Cc1cccc([N+](=O)[O-])c1)C(C)C. The summed E-state index contributed by atoms with van der Waals surface area (Å²) in [4.78, 5) is 12.5. The Morgan fingerprint density at radius 2 is 2.12 bits per heavy atom. The highest BCUT2D eigenvalue weighted by atomic mass is 16.6. The molecule has 1 rings (SSSR count). The molecule has 16 heavy (non-hydrogen) atoms. The minimum Gasteiger partial charge on any atom is -0.297 e. The molecule has 0 fully saturated rings. The molecule has 0 N–H and O–H groups in total. The third kappa shape index (κ3) is 3.31.